The van der Waals surface area contributed by atoms with E-state index in [-0.39, 0.29) is 0 Å². The van der Waals surface area contributed by atoms with Crippen LogP contribution in [0.15, 0.2) is 60.7 Å². The molecule has 134 valence electrons. The van der Waals surface area contributed by atoms with Crippen LogP contribution in [0.25, 0.3) is 12.2 Å². The fourth-order valence-corrected chi connectivity index (χ4v) is 12.2. The van der Waals surface area contributed by atoms with Gasteiger partial charge in [0.15, 0.2) is 0 Å². The number of allylic oxidation sites excluding steroid dienone is 2. The second-order valence-electron chi connectivity index (χ2n) is 7.63. The minimum atomic E-state index is -3.16. The van der Waals surface area contributed by atoms with Crippen molar-refractivity contribution in [2.45, 2.75) is 39.4 Å². The van der Waals surface area contributed by atoms with Gasteiger partial charge in [-0.15, -0.1) is 0 Å². The summed E-state index contributed by atoms with van der Waals surface area (Å²) in [5, 5.41) is 0. The van der Waals surface area contributed by atoms with E-state index in [9.17, 15) is 0 Å². The van der Waals surface area contributed by atoms with Crippen LogP contribution in [0, 0.1) is 0 Å². The Morgan fingerprint density at radius 2 is 1.38 bits per heavy atom. The van der Waals surface area contributed by atoms with Gasteiger partial charge in [-0.05, 0) is 0 Å². The zero-order chi connectivity index (χ0) is 18.1. The van der Waals surface area contributed by atoms with E-state index in [0.29, 0.717) is 15.5 Å². The Bertz CT molecular complexity index is 853. The normalized spacial score (nSPS) is 21.7. The van der Waals surface area contributed by atoms with E-state index in [1.165, 1.54) is 22.3 Å². The van der Waals surface area contributed by atoms with Gasteiger partial charge in [0.25, 0.3) is 0 Å². The molecular weight excluding hydrogens is 438 g/mol. The van der Waals surface area contributed by atoms with Gasteiger partial charge in [0.1, 0.15) is 0 Å². The quantitative estimate of drug-likeness (QED) is 0.407. The van der Waals surface area contributed by atoms with Crippen molar-refractivity contribution in [2.24, 2.45) is 0 Å². The van der Waals surface area contributed by atoms with Gasteiger partial charge in [0.2, 0.25) is 0 Å². The predicted molar refractivity (Wildman–Crippen MR) is 112 cm³/mol. The van der Waals surface area contributed by atoms with E-state index in [1.807, 2.05) is 0 Å². The molecule has 0 bridgehead atoms. The summed E-state index contributed by atoms with van der Waals surface area (Å²) >= 11 is -3.16. The molecule has 0 heterocycles. The summed E-state index contributed by atoms with van der Waals surface area (Å²) in [6, 6.07) is 17.3. The third-order valence-electron chi connectivity index (χ3n) is 5.93. The number of benzene rings is 2. The summed E-state index contributed by atoms with van der Waals surface area (Å²) in [5.41, 5.74) is 5.55. The van der Waals surface area contributed by atoms with Crippen LogP contribution in [0.2, 0.25) is 7.75 Å². The number of rotatable bonds is 6. The maximum atomic E-state index is 7.04. The summed E-state index contributed by atoms with van der Waals surface area (Å²) < 4.78 is 1.43. The number of halogens is 2. The number of hydrogen-bond acceptors (Lipinski definition) is 0. The van der Waals surface area contributed by atoms with E-state index in [2.05, 4.69) is 79.8 Å². The number of hydrogen-bond donors (Lipinski definition) is 0. The SMILES string of the molecule is C[CH](CCC1C=Cc2ccccc21)[Zr]([Cl])([Cl])[CH2]C1C=Cc2ccccc21. The van der Waals surface area contributed by atoms with Crippen molar-refractivity contribution in [3.63, 3.8) is 0 Å². The van der Waals surface area contributed by atoms with Crippen LogP contribution in [-0.4, -0.2) is 0 Å². The molecule has 0 radical (unpaired) electrons. The van der Waals surface area contributed by atoms with Crippen LogP contribution in [0.3, 0.4) is 0 Å². The molecule has 3 atom stereocenters. The molecule has 3 heteroatoms. The van der Waals surface area contributed by atoms with Crippen LogP contribution >= 0.6 is 17.0 Å². The zero-order valence-electron chi connectivity index (χ0n) is 15.0. The Labute approximate surface area is 168 Å². The average molecular weight is 463 g/mol. The molecule has 0 nitrogen and oxygen atoms in total. The van der Waals surface area contributed by atoms with Crippen LogP contribution < -0.4 is 0 Å². The van der Waals surface area contributed by atoms with Gasteiger partial charge < -0.3 is 0 Å². The Balaban J connectivity index is 1.38. The molecule has 0 saturated carbocycles. The summed E-state index contributed by atoms with van der Waals surface area (Å²) in [6.45, 7) is 2.28. The first-order chi connectivity index (χ1) is 12.5. The molecular formula is C23H24Cl2Zr. The van der Waals surface area contributed by atoms with Gasteiger partial charge in [-0.25, -0.2) is 0 Å². The van der Waals surface area contributed by atoms with Crippen molar-refractivity contribution >= 4 is 29.2 Å². The molecule has 0 N–H and O–H groups in total. The summed E-state index contributed by atoms with van der Waals surface area (Å²) in [4.78, 5) is 0. The molecule has 0 aliphatic heterocycles. The zero-order valence-corrected chi connectivity index (χ0v) is 19.0. The van der Waals surface area contributed by atoms with Gasteiger partial charge >= 0.3 is 169 Å². The molecule has 2 aromatic carbocycles. The van der Waals surface area contributed by atoms with Gasteiger partial charge in [-0.3, -0.25) is 0 Å². The topological polar surface area (TPSA) is 0 Å². The maximum absolute atomic E-state index is 7.04. The number of fused-ring (bicyclic) bond motifs is 2. The molecule has 0 saturated heterocycles. The van der Waals surface area contributed by atoms with Crippen LogP contribution in [0.1, 0.15) is 53.9 Å². The van der Waals surface area contributed by atoms with Crippen molar-refractivity contribution in [1.82, 2.24) is 0 Å². The Morgan fingerprint density at radius 1 is 0.846 bits per heavy atom. The van der Waals surface area contributed by atoms with Crippen molar-refractivity contribution in [2.75, 3.05) is 0 Å². The molecule has 0 aromatic heterocycles. The summed E-state index contributed by atoms with van der Waals surface area (Å²) in [6.07, 6.45) is 11.4. The van der Waals surface area contributed by atoms with Gasteiger partial charge in [0, 0.05) is 0 Å². The van der Waals surface area contributed by atoms with Gasteiger partial charge in [-0.2, -0.15) is 0 Å². The third kappa shape index (κ3) is 3.82. The van der Waals surface area contributed by atoms with E-state index in [1.54, 1.807) is 0 Å². The first kappa shape index (κ1) is 18.7. The van der Waals surface area contributed by atoms with Gasteiger partial charge in [0.05, 0.1) is 0 Å². The Hall–Kier alpha value is -0.617. The Morgan fingerprint density at radius 3 is 2.04 bits per heavy atom. The molecule has 2 aliphatic rings. The van der Waals surface area contributed by atoms with Crippen molar-refractivity contribution in [3.05, 3.63) is 82.9 Å². The third-order valence-corrected chi connectivity index (χ3v) is 18.8. The van der Waals surface area contributed by atoms with Crippen molar-refractivity contribution in [3.8, 4) is 0 Å². The molecule has 0 amide bonds. The molecule has 26 heavy (non-hydrogen) atoms. The summed E-state index contributed by atoms with van der Waals surface area (Å²) in [7, 11) is 14.1. The van der Waals surface area contributed by atoms with Crippen LogP contribution in [0.5, 0.6) is 0 Å². The second-order valence-corrected chi connectivity index (χ2v) is 23.9. The van der Waals surface area contributed by atoms with E-state index >= 15 is 0 Å². The Kier molecular flexibility index (Phi) is 5.61. The molecule has 2 aromatic rings. The first-order valence-electron chi connectivity index (χ1n) is 9.47. The molecule has 0 fully saturated rings. The first-order valence-corrected chi connectivity index (χ1v) is 19.0. The van der Waals surface area contributed by atoms with Gasteiger partial charge in [-0.1, -0.05) is 0 Å². The molecule has 0 spiro atoms. The standard InChI is InChI=1S/C13H15.C10H9.2ClH.Zr/c1-2-3-6-11-9-10-12-7-4-5-8-13(11)12;1-8-6-7-9-4-2-3-5-10(8)9;;;/h2,4-5,7-11H,3,6H2,1H3;2-8H,1H2;2*1H;/q;;;;+2/p-2. The van der Waals surface area contributed by atoms with Crippen molar-refractivity contribution in [1.29, 1.82) is 0 Å². The second kappa shape index (κ2) is 7.78. The monoisotopic (exact) mass is 460 g/mol. The van der Waals surface area contributed by atoms with E-state index < -0.39 is 17.9 Å². The van der Waals surface area contributed by atoms with E-state index in [0.717, 1.165) is 17.0 Å². The molecule has 2 aliphatic carbocycles. The predicted octanol–water partition coefficient (Wildman–Crippen LogP) is 8.08. The summed E-state index contributed by atoms with van der Waals surface area (Å²) in [5.74, 6) is 0.933. The van der Waals surface area contributed by atoms with Crippen LogP contribution in [0.4, 0.5) is 0 Å². The fraction of sp³-hybridized carbons (Fsp3) is 0.304. The average Bonchev–Trinajstić information content (AvgIpc) is 3.24. The van der Waals surface area contributed by atoms with E-state index in [4.69, 9.17) is 17.0 Å². The van der Waals surface area contributed by atoms with Crippen molar-refractivity contribution < 1.29 is 17.9 Å². The fourth-order valence-electron chi connectivity index (χ4n) is 4.21. The molecule has 4 rings (SSSR count). The molecule has 3 unspecified atom stereocenters. The minimum absolute atomic E-state index is 0.409. The van der Waals surface area contributed by atoms with Crippen LogP contribution in [-0.2, 0) is 17.9 Å².